The van der Waals surface area contributed by atoms with Gasteiger partial charge in [0.1, 0.15) is 18.3 Å². The number of nitrogens with one attached hydrogen (secondary N) is 1. The van der Waals surface area contributed by atoms with Gasteiger partial charge in [0.25, 0.3) is 0 Å². The van der Waals surface area contributed by atoms with Crippen LogP contribution in [0.5, 0.6) is 5.75 Å². The van der Waals surface area contributed by atoms with E-state index in [1.165, 1.54) is 30.2 Å². The second-order valence-corrected chi connectivity index (χ2v) is 12.8. The second kappa shape index (κ2) is 14.6. The van der Waals surface area contributed by atoms with E-state index >= 15 is 0 Å². The van der Waals surface area contributed by atoms with Crippen LogP contribution in [0.15, 0.2) is 72.8 Å². The van der Waals surface area contributed by atoms with Crippen molar-refractivity contribution in [2.24, 2.45) is 5.92 Å². The van der Waals surface area contributed by atoms with Gasteiger partial charge in [0.2, 0.25) is 21.8 Å². The molecule has 3 aromatic carbocycles. The van der Waals surface area contributed by atoms with Crippen LogP contribution in [0.25, 0.3) is 0 Å². The molecule has 0 saturated heterocycles. The average molecular weight is 621 g/mol. The molecule has 1 N–H and O–H groups in total. The number of carbonyl (C=O) groups is 2. The van der Waals surface area contributed by atoms with E-state index < -0.39 is 28.5 Å². The topological polar surface area (TPSA) is 96.0 Å². The summed E-state index contributed by atoms with van der Waals surface area (Å²) >= 11 is 12.7. The molecular weight excluding hydrogens is 585 g/mol. The van der Waals surface area contributed by atoms with Gasteiger partial charge in [-0.1, -0.05) is 85.6 Å². The van der Waals surface area contributed by atoms with Crippen molar-refractivity contribution < 1.29 is 22.7 Å². The van der Waals surface area contributed by atoms with Crippen LogP contribution in [0.2, 0.25) is 10.0 Å². The Morgan fingerprint density at radius 3 is 2.20 bits per heavy atom. The normalized spacial score (nSPS) is 12.1. The van der Waals surface area contributed by atoms with Crippen LogP contribution < -0.4 is 14.4 Å². The molecule has 3 rings (SSSR count). The Bertz CT molecular complexity index is 1450. The third kappa shape index (κ3) is 9.11. The van der Waals surface area contributed by atoms with E-state index in [2.05, 4.69) is 5.32 Å². The fourth-order valence-corrected chi connectivity index (χ4v) is 5.50. The van der Waals surface area contributed by atoms with Gasteiger partial charge >= 0.3 is 0 Å². The first-order valence-corrected chi connectivity index (χ1v) is 15.7. The van der Waals surface area contributed by atoms with Gasteiger partial charge in [0, 0.05) is 24.5 Å². The highest BCUT2D eigenvalue weighted by molar-refractivity contribution is 7.92. The molecule has 0 spiro atoms. The summed E-state index contributed by atoms with van der Waals surface area (Å²) in [5.41, 5.74) is 1.65. The number of rotatable bonds is 13. The smallest absolute Gasteiger partial charge is 0.244 e. The molecular formula is C30H35Cl2N3O5S. The van der Waals surface area contributed by atoms with Crippen LogP contribution >= 0.6 is 23.2 Å². The Kier molecular flexibility index (Phi) is 11.5. The van der Waals surface area contributed by atoms with Crippen LogP contribution in [0.1, 0.15) is 25.0 Å². The molecule has 3 aromatic rings. The maximum Gasteiger partial charge on any atom is 0.244 e. The van der Waals surface area contributed by atoms with Crippen molar-refractivity contribution in [3.05, 3.63) is 94.0 Å². The summed E-state index contributed by atoms with van der Waals surface area (Å²) < 4.78 is 32.0. The minimum atomic E-state index is -3.93. The van der Waals surface area contributed by atoms with E-state index in [0.717, 1.165) is 16.1 Å². The number of hydrogen-bond donors (Lipinski definition) is 1. The van der Waals surface area contributed by atoms with Crippen molar-refractivity contribution in [1.82, 2.24) is 10.2 Å². The Morgan fingerprint density at radius 1 is 0.951 bits per heavy atom. The quantitative estimate of drug-likeness (QED) is 0.284. The number of amides is 2. The van der Waals surface area contributed by atoms with Crippen LogP contribution in [-0.4, -0.2) is 57.6 Å². The second-order valence-electron chi connectivity index (χ2n) is 10.0. The van der Waals surface area contributed by atoms with Gasteiger partial charge in [-0.2, -0.15) is 0 Å². The lowest BCUT2D eigenvalue weighted by Gasteiger charge is -2.34. The van der Waals surface area contributed by atoms with E-state index in [4.69, 9.17) is 27.9 Å². The molecule has 0 heterocycles. The first-order valence-electron chi connectivity index (χ1n) is 13.1. The molecule has 0 saturated carbocycles. The minimum absolute atomic E-state index is 0.00786. The number of carbonyl (C=O) groups excluding carboxylic acids is 2. The van der Waals surface area contributed by atoms with Crippen LogP contribution in [-0.2, 0) is 32.6 Å². The van der Waals surface area contributed by atoms with Crippen LogP contribution in [0, 0.1) is 5.92 Å². The molecule has 0 aromatic heterocycles. The Balaban J connectivity index is 2.07. The molecule has 11 heteroatoms. The maximum absolute atomic E-state index is 14.1. The van der Waals surface area contributed by atoms with Gasteiger partial charge in [-0.3, -0.25) is 13.9 Å². The fourth-order valence-electron chi connectivity index (χ4n) is 4.21. The van der Waals surface area contributed by atoms with Gasteiger partial charge in [-0.15, -0.1) is 0 Å². The lowest BCUT2D eigenvalue weighted by molar-refractivity contribution is -0.140. The van der Waals surface area contributed by atoms with Crippen molar-refractivity contribution in [1.29, 1.82) is 0 Å². The highest BCUT2D eigenvalue weighted by Gasteiger charge is 2.33. The van der Waals surface area contributed by atoms with Gasteiger partial charge in [-0.05, 0) is 41.3 Å². The summed E-state index contributed by atoms with van der Waals surface area (Å²) in [5.74, 6) is -0.380. The standard InChI is InChI=1S/C30H35Cl2N3O5S/c1-21(2)18-33-30(37)27(16-22-10-6-5-7-11-22)34(19-23-12-8-9-13-25(23)31)29(36)20-35(41(4,38)39)24-14-15-28(40-3)26(32)17-24/h5-15,17,21,27H,16,18-20H2,1-4H3,(H,33,37)/t27-/m0/s1. The highest BCUT2D eigenvalue weighted by Crippen LogP contribution is 2.30. The van der Waals surface area contributed by atoms with Crippen molar-refractivity contribution in [2.45, 2.75) is 32.9 Å². The fraction of sp³-hybridized carbons (Fsp3) is 0.333. The number of sulfonamides is 1. The molecule has 2 amide bonds. The van der Waals surface area contributed by atoms with E-state index in [1.807, 2.05) is 44.2 Å². The average Bonchev–Trinajstić information content (AvgIpc) is 2.93. The Morgan fingerprint density at radius 2 is 1.61 bits per heavy atom. The lowest BCUT2D eigenvalue weighted by atomic mass is 10.0. The van der Waals surface area contributed by atoms with Gasteiger partial charge < -0.3 is 15.0 Å². The minimum Gasteiger partial charge on any atom is -0.495 e. The largest absolute Gasteiger partial charge is 0.495 e. The van der Waals surface area contributed by atoms with Crippen LogP contribution in [0.4, 0.5) is 5.69 Å². The molecule has 220 valence electrons. The summed E-state index contributed by atoms with van der Waals surface area (Å²) in [6.07, 6.45) is 1.22. The van der Waals surface area contributed by atoms with Gasteiger partial charge in [-0.25, -0.2) is 8.42 Å². The van der Waals surface area contributed by atoms with E-state index in [1.54, 1.807) is 24.3 Å². The number of hydrogen-bond acceptors (Lipinski definition) is 5. The number of nitrogens with zero attached hydrogens (tertiary/aromatic N) is 2. The first-order chi connectivity index (χ1) is 19.4. The summed E-state index contributed by atoms with van der Waals surface area (Å²) in [6.45, 7) is 3.80. The molecule has 0 aliphatic carbocycles. The Hall–Kier alpha value is -3.27. The number of methoxy groups -OCH3 is 1. The number of benzene rings is 3. The maximum atomic E-state index is 14.1. The zero-order chi connectivity index (χ0) is 30.2. The SMILES string of the molecule is COc1ccc(N(CC(=O)N(Cc2ccccc2Cl)[C@@H](Cc2ccccc2)C(=O)NCC(C)C)S(C)(=O)=O)cc1Cl. The van der Waals surface area contributed by atoms with E-state index in [9.17, 15) is 18.0 Å². The van der Waals surface area contributed by atoms with Gasteiger partial charge in [0.05, 0.1) is 24.1 Å². The zero-order valence-corrected chi connectivity index (χ0v) is 25.8. The Labute approximate surface area is 252 Å². The van der Waals surface area contributed by atoms with Crippen molar-refractivity contribution >= 4 is 50.7 Å². The number of halogens is 2. The van der Waals surface area contributed by atoms with E-state index in [-0.39, 0.29) is 35.5 Å². The number of anilines is 1. The van der Waals surface area contributed by atoms with Crippen molar-refractivity contribution in [3.8, 4) is 5.75 Å². The van der Waals surface area contributed by atoms with Gasteiger partial charge in [0.15, 0.2) is 0 Å². The lowest BCUT2D eigenvalue weighted by Crippen LogP contribution is -2.53. The molecule has 0 bridgehead atoms. The molecule has 0 radical (unpaired) electrons. The monoisotopic (exact) mass is 619 g/mol. The zero-order valence-electron chi connectivity index (χ0n) is 23.5. The number of ether oxygens (including phenoxy) is 1. The summed E-state index contributed by atoms with van der Waals surface area (Å²) in [5, 5.41) is 3.56. The molecule has 8 nitrogen and oxygen atoms in total. The molecule has 1 atom stereocenters. The molecule has 41 heavy (non-hydrogen) atoms. The summed E-state index contributed by atoms with van der Waals surface area (Å²) in [6, 6.07) is 19.9. The summed E-state index contributed by atoms with van der Waals surface area (Å²) in [4.78, 5) is 29.1. The van der Waals surface area contributed by atoms with Crippen molar-refractivity contribution in [3.63, 3.8) is 0 Å². The van der Waals surface area contributed by atoms with E-state index in [0.29, 0.717) is 22.9 Å². The molecule has 0 unspecified atom stereocenters. The molecule has 0 aliphatic heterocycles. The van der Waals surface area contributed by atoms with Crippen LogP contribution in [0.3, 0.4) is 0 Å². The summed E-state index contributed by atoms with van der Waals surface area (Å²) in [7, 11) is -2.48. The predicted molar refractivity (Wildman–Crippen MR) is 164 cm³/mol. The first kappa shape index (κ1) is 32.2. The highest BCUT2D eigenvalue weighted by atomic mass is 35.5. The predicted octanol–water partition coefficient (Wildman–Crippen LogP) is 5.18. The third-order valence-electron chi connectivity index (χ3n) is 6.36. The third-order valence-corrected chi connectivity index (χ3v) is 8.16. The van der Waals surface area contributed by atoms with Crippen molar-refractivity contribution in [2.75, 3.05) is 30.8 Å². The molecule has 0 fully saturated rings. The molecule has 0 aliphatic rings.